The summed E-state index contributed by atoms with van der Waals surface area (Å²) >= 11 is 0. The Bertz CT molecular complexity index is 1250. The molecular formula is C20H18F3N5O4. The van der Waals surface area contributed by atoms with Gasteiger partial charge in [0, 0.05) is 24.9 Å². The van der Waals surface area contributed by atoms with Gasteiger partial charge in [-0.05, 0) is 32.0 Å². The minimum Gasteiger partial charge on any atom is -0.451 e. The molecular weight excluding hydrogens is 431 g/mol. The number of hydrogen-bond acceptors (Lipinski definition) is 6. The standard InChI is InChI=1S/C20H18F3N5O4/c1-11-7-16(27(3)25-11)24-17(30)10-32-19(31)18-15(29)8-12(2)28(26-18)14-6-4-5-13(9-14)20(21,22)23/h4-9H,10H2,1-3H3,(H,24,30). The van der Waals surface area contributed by atoms with Crippen LogP contribution in [0, 0.1) is 13.8 Å². The number of nitrogens with zero attached hydrogens (tertiary/aromatic N) is 4. The third-order valence-corrected chi connectivity index (χ3v) is 4.32. The van der Waals surface area contributed by atoms with Gasteiger partial charge in [0.25, 0.3) is 5.91 Å². The van der Waals surface area contributed by atoms with Crippen LogP contribution in [0.4, 0.5) is 19.0 Å². The Kier molecular flexibility index (Phi) is 6.14. The number of esters is 1. The van der Waals surface area contributed by atoms with Gasteiger partial charge in [0.15, 0.2) is 6.61 Å². The second-order valence-corrected chi connectivity index (χ2v) is 6.88. The Morgan fingerprint density at radius 2 is 1.84 bits per heavy atom. The fourth-order valence-electron chi connectivity index (χ4n) is 2.87. The lowest BCUT2D eigenvalue weighted by Gasteiger charge is -2.13. The first kappa shape index (κ1) is 22.7. The summed E-state index contributed by atoms with van der Waals surface area (Å²) in [5.41, 5.74) is -1.51. The van der Waals surface area contributed by atoms with Gasteiger partial charge in [-0.3, -0.25) is 14.3 Å². The topological polar surface area (TPSA) is 108 Å². The van der Waals surface area contributed by atoms with Gasteiger partial charge in [-0.2, -0.15) is 23.4 Å². The predicted octanol–water partition coefficient (Wildman–Crippen LogP) is 2.40. The number of halogens is 3. The second-order valence-electron chi connectivity index (χ2n) is 6.88. The number of amides is 1. The Hall–Kier alpha value is -3.96. The summed E-state index contributed by atoms with van der Waals surface area (Å²) in [5, 5.41) is 10.4. The molecule has 168 valence electrons. The van der Waals surface area contributed by atoms with Crippen LogP contribution in [0.2, 0.25) is 0 Å². The average Bonchev–Trinajstić information content (AvgIpc) is 3.02. The molecule has 1 N–H and O–H groups in total. The summed E-state index contributed by atoms with van der Waals surface area (Å²) in [5.74, 6) is -1.48. The number of carbonyl (C=O) groups is 2. The Labute approximate surface area is 179 Å². The van der Waals surface area contributed by atoms with Crippen molar-refractivity contribution >= 4 is 17.7 Å². The lowest BCUT2D eigenvalue weighted by Crippen LogP contribution is -2.27. The summed E-state index contributed by atoms with van der Waals surface area (Å²) in [6.45, 7) is 2.48. The maximum atomic E-state index is 13.0. The molecule has 2 heterocycles. The number of benzene rings is 1. The fraction of sp³-hybridized carbons (Fsp3) is 0.250. The third-order valence-electron chi connectivity index (χ3n) is 4.32. The van der Waals surface area contributed by atoms with Crippen LogP contribution >= 0.6 is 0 Å². The first-order valence-corrected chi connectivity index (χ1v) is 9.22. The highest BCUT2D eigenvalue weighted by Gasteiger charge is 2.30. The number of aryl methyl sites for hydroxylation is 3. The van der Waals surface area contributed by atoms with E-state index in [-0.39, 0.29) is 11.4 Å². The molecule has 0 aliphatic heterocycles. The normalized spacial score (nSPS) is 11.3. The van der Waals surface area contributed by atoms with Gasteiger partial charge < -0.3 is 10.1 Å². The van der Waals surface area contributed by atoms with Crippen LogP contribution in [0.1, 0.15) is 27.4 Å². The average molecular weight is 449 g/mol. The van der Waals surface area contributed by atoms with E-state index in [2.05, 4.69) is 15.5 Å². The Balaban J connectivity index is 1.79. The molecule has 32 heavy (non-hydrogen) atoms. The van der Waals surface area contributed by atoms with Crippen molar-refractivity contribution in [1.29, 1.82) is 0 Å². The Morgan fingerprint density at radius 1 is 1.12 bits per heavy atom. The van der Waals surface area contributed by atoms with Crippen LogP contribution in [0.5, 0.6) is 0 Å². The zero-order chi connectivity index (χ0) is 23.6. The lowest BCUT2D eigenvalue weighted by molar-refractivity contribution is -0.137. The van der Waals surface area contributed by atoms with Gasteiger partial charge in [0.05, 0.1) is 16.9 Å². The van der Waals surface area contributed by atoms with Crippen molar-refractivity contribution in [2.45, 2.75) is 20.0 Å². The molecule has 0 aliphatic rings. The maximum Gasteiger partial charge on any atom is 0.416 e. The molecule has 9 nitrogen and oxygen atoms in total. The number of alkyl halides is 3. The van der Waals surface area contributed by atoms with Crippen molar-refractivity contribution in [3.63, 3.8) is 0 Å². The van der Waals surface area contributed by atoms with Crippen molar-refractivity contribution in [3.8, 4) is 5.69 Å². The van der Waals surface area contributed by atoms with Crippen LogP contribution in [0.3, 0.4) is 0 Å². The minimum absolute atomic E-state index is 0.00399. The van der Waals surface area contributed by atoms with Gasteiger partial charge in [-0.25, -0.2) is 9.48 Å². The molecule has 0 saturated carbocycles. The van der Waals surface area contributed by atoms with E-state index in [0.717, 1.165) is 22.9 Å². The fourth-order valence-corrected chi connectivity index (χ4v) is 2.87. The summed E-state index contributed by atoms with van der Waals surface area (Å²) in [7, 11) is 1.61. The molecule has 1 amide bonds. The van der Waals surface area contributed by atoms with Crippen molar-refractivity contribution < 1.29 is 27.5 Å². The minimum atomic E-state index is -4.58. The first-order valence-electron chi connectivity index (χ1n) is 9.22. The number of anilines is 1. The van der Waals surface area contributed by atoms with Crippen LogP contribution < -0.4 is 10.7 Å². The summed E-state index contributed by atoms with van der Waals surface area (Å²) < 4.78 is 46.4. The van der Waals surface area contributed by atoms with Crippen molar-refractivity contribution in [2.75, 3.05) is 11.9 Å². The molecule has 12 heteroatoms. The van der Waals surface area contributed by atoms with E-state index >= 15 is 0 Å². The van der Waals surface area contributed by atoms with Crippen LogP contribution in [0.25, 0.3) is 5.69 Å². The molecule has 3 aromatic rings. The molecule has 0 fully saturated rings. The van der Waals surface area contributed by atoms with Crippen LogP contribution in [0.15, 0.2) is 41.2 Å². The second kappa shape index (κ2) is 8.65. The highest BCUT2D eigenvalue weighted by atomic mass is 19.4. The molecule has 0 saturated heterocycles. The van der Waals surface area contributed by atoms with Crippen LogP contribution in [-0.2, 0) is 22.8 Å². The molecule has 0 unspecified atom stereocenters. The van der Waals surface area contributed by atoms with Crippen molar-refractivity contribution in [3.05, 3.63) is 69.3 Å². The number of aromatic nitrogens is 4. The van der Waals surface area contributed by atoms with E-state index in [1.165, 1.54) is 23.7 Å². The molecule has 2 aromatic heterocycles. The number of ether oxygens (including phenoxy) is 1. The molecule has 0 aliphatic carbocycles. The van der Waals surface area contributed by atoms with Crippen molar-refractivity contribution in [1.82, 2.24) is 19.6 Å². The van der Waals surface area contributed by atoms with E-state index < -0.39 is 41.3 Å². The zero-order valence-corrected chi connectivity index (χ0v) is 17.2. The van der Waals surface area contributed by atoms with E-state index in [4.69, 9.17) is 4.74 Å². The predicted molar refractivity (Wildman–Crippen MR) is 106 cm³/mol. The molecule has 0 atom stereocenters. The molecule has 3 rings (SSSR count). The highest BCUT2D eigenvalue weighted by molar-refractivity contribution is 5.94. The molecule has 0 radical (unpaired) electrons. The molecule has 0 spiro atoms. The van der Waals surface area contributed by atoms with E-state index in [9.17, 15) is 27.6 Å². The monoisotopic (exact) mass is 449 g/mol. The number of carbonyl (C=O) groups excluding carboxylic acids is 2. The number of rotatable bonds is 5. The van der Waals surface area contributed by atoms with Crippen molar-refractivity contribution in [2.24, 2.45) is 7.05 Å². The summed E-state index contributed by atoms with van der Waals surface area (Å²) in [4.78, 5) is 36.6. The van der Waals surface area contributed by atoms with E-state index in [1.807, 2.05) is 0 Å². The quantitative estimate of drug-likeness (QED) is 0.600. The lowest BCUT2D eigenvalue weighted by atomic mass is 10.2. The Morgan fingerprint density at radius 3 is 2.47 bits per heavy atom. The SMILES string of the molecule is Cc1cc(NC(=O)COC(=O)c2nn(-c3cccc(C(F)(F)F)c3)c(C)cc2=O)n(C)n1. The smallest absolute Gasteiger partial charge is 0.416 e. The number of hydrogen-bond donors (Lipinski definition) is 1. The molecule has 0 bridgehead atoms. The maximum absolute atomic E-state index is 13.0. The van der Waals surface area contributed by atoms with Gasteiger partial charge >= 0.3 is 12.1 Å². The molecule has 1 aromatic carbocycles. The van der Waals surface area contributed by atoms with Gasteiger partial charge in [0.2, 0.25) is 11.1 Å². The number of nitrogens with one attached hydrogen (secondary N) is 1. The first-order chi connectivity index (χ1) is 15.0. The van der Waals surface area contributed by atoms with E-state index in [0.29, 0.717) is 11.5 Å². The largest absolute Gasteiger partial charge is 0.451 e. The highest BCUT2D eigenvalue weighted by Crippen LogP contribution is 2.30. The third kappa shape index (κ3) is 5.02. The summed E-state index contributed by atoms with van der Waals surface area (Å²) in [6, 6.07) is 6.90. The van der Waals surface area contributed by atoms with Gasteiger partial charge in [-0.1, -0.05) is 6.07 Å². The zero-order valence-electron chi connectivity index (χ0n) is 17.2. The van der Waals surface area contributed by atoms with Crippen LogP contribution in [-0.4, -0.2) is 38.0 Å². The summed E-state index contributed by atoms with van der Waals surface area (Å²) in [6.07, 6.45) is -4.58. The van der Waals surface area contributed by atoms with Gasteiger partial charge in [0.1, 0.15) is 5.82 Å². The van der Waals surface area contributed by atoms with E-state index in [1.54, 1.807) is 20.0 Å². The van der Waals surface area contributed by atoms with Gasteiger partial charge in [-0.15, -0.1) is 0 Å².